The van der Waals surface area contributed by atoms with Gasteiger partial charge in [-0.15, -0.1) is 5.10 Å². The lowest BCUT2D eigenvalue weighted by Crippen LogP contribution is -1.97. The second kappa shape index (κ2) is 11.8. The lowest BCUT2D eigenvalue weighted by atomic mass is 9.93. The van der Waals surface area contributed by atoms with Gasteiger partial charge < -0.3 is 4.57 Å². The summed E-state index contributed by atoms with van der Waals surface area (Å²) in [6, 6.07) is 67.5. The third-order valence-corrected chi connectivity index (χ3v) is 12.1. The summed E-state index contributed by atoms with van der Waals surface area (Å²) in [6.45, 7) is 0. The molecule has 13 rings (SSSR count). The molecule has 0 spiro atoms. The van der Waals surface area contributed by atoms with Crippen LogP contribution in [0.25, 0.3) is 122 Å². The normalized spacial score (nSPS) is 12.1. The average molecular weight is 738 g/mol. The van der Waals surface area contributed by atoms with Gasteiger partial charge in [0.25, 0.3) is 5.78 Å². The number of hydrogen-bond acceptors (Lipinski definition) is 3. The molecule has 268 valence electrons. The molecular formula is C53H31N5. The first-order valence-corrected chi connectivity index (χ1v) is 19.7. The van der Waals surface area contributed by atoms with Crippen molar-refractivity contribution in [1.29, 1.82) is 0 Å². The van der Waals surface area contributed by atoms with Crippen LogP contribution in [0.5, 0.6) is 0 Å². The van der Waals surface area contributed by atoms with Crippen LogP contribution in [0.3, 0.4) is 0 Å². The van der Waals surface area contributed by atoms with Crippen LogP contribution in [0.4, 0.5) is 0 Å². The minimum absolute atomic E-state index is 0.568. The van der Waals surface area contributed by atoms with Gasteiger partial charge in [0.05, 0.1) is 22.2 Å². The highest BCUT2D eigenvalue weighted by atomic mass is 15.3. The largest absolute Gasteiger partial charge is 0.309 e. The summed E-state index contributed by atoms with van der Waals surface area (Å²) in [6.07, 6.45) is 0. The Kier molecular flexibility index (Phi) is 6.38. The van der Waals surface area contributed by atoms with E-state index in [0.29, 0.717) is 11.6 Å². The lowest BCUT2D eigenvalue weighted by molar-refractivity contribution is 0.988. The first-order valence-electron chi connectivity index (χ1n) is 19.7. The molecule has 0 N–H and O–H groups in total. The minimum Gasteiger partial charge on any atom is -0.309 e. The van der Waals surface area contributed by atoms with Crippen molar-refractivity contribution in [3.8, 4) is 61.7 Å². The minimum atomic E-state index is 0.568. The zero-order valence-electron chi connectivity index (χ0n) is 31.1. The van der Waals surface area contributed by atoms with Crippen molar-refractivity contribution in [2.75, 3.05) is 0 Å². The number of rotatable bonds is 4. The van der Waals surface area contributed by atoms with Crippen LogP contribution in [0, 0.1) is 0 Å². The van der Waals surface area contributed by atoms with Gasteiger partial charge in [-0.25, -0.2) is 4.98 Å². The molecule has 0 saturated carbocycles. The number of fused-ring (bicyclic) bond motifs is 7. The van der Waals surface area contributed by atoms with E-state index in [4.69, 9.17) is 15.1 Å². The number of nitrogens with zero attached hydrogens (tertiary/aromatic N) is 5. The fourth-order valence-corrected chi connectivity index (χ4v) is 9.45. The van der Waals surface area contributed by atoms with Gasteiger partial charge in [0.15, 0.2) is 5.82 Å². The Hall–Kier alpha value is -7.89. The summed E-state index contributed by atoms with van der Waals surface area (Å²) < 4.78 is 4.28. The van der Waals surface area contributed by atoms with Crippen LogP contribution in [0.15, 0.2) is 188 Å². The highest BCUT2D eigenvalue weighted by Crippen LogP contribution is 2.49. The first kappa shape index (κ1) is 31.3. The van der Waals surface area contributed by atoms with Gasteiger partial charge in [-0.3, -0.25) is 0 Å². The maximum Gasteiger partial charge on any atom is 0.253 e. The van der Waals surface area contributed by atoms with Crippen molar-refractivity contribution < 1.29 is 0 Å². The summed E-state index contributed by atoms with van der Waals surface area (Å²) in [7, 11) is 0. The quantitative estimate of drug-likeness (QED) is 0.181. The second-order valence-corrected chi connectivity index (χ2v) is 15.3. The van der Waals surface area contributed by atoms with E-state index < -0.39 is 0 Å². The van der Waals surface area contributed by atoms with Gasteiger partial charge in [0.2, 0.25) is 0 Å². The van der Waals surface area contributed by atoms with E-state index in [9.17, 15) is 0 Å². The monoisotopic (exact) mass is 737 g/mol. The fourth-order valence-electron chi connectivity index (χ4n) is 9.45. The predicted molar refractivity (Wildman–Crippen MR) is 238 cm³/mol. The zero-order valence-corrected chi connectivity index (χ0v) is 31.1. The van der Waals surface area contributed by atoms with Crippen molar-refractivity contribution in [3.63, 3.8) is 0 Å². The summed E-state index contributed by atoms with van der Waals surface area (Å²) in [5.41, 5.74) is 14.8. The molecule has 0 amide bonds. The molecule has 12 aromatic rings. The summed E-state index contributed by atoms with van der Waals surface area (Å²) in [4.78, 5) is 10.2. The molecule has 9 aromatic carbocycles. The van der Waals surface area contributed by atoms with E-state index in [-0.39, 0.29) is 0 Å². The van der Waals surface area contributed by atoms with Crippen molar-refractivity contribution in [1.82, 2.24) is 24.1 Å². The van der Waals surface area contributed by atoms with E-state index in [1.807, 2.05) is 10.6 Å². The molecule has 0 atom stereocenters. The Bertz CT molecular complexity index is 3670. The Labute approximate surface area is 332 Å². The molecule has 3 aromatic heterocycles. The number of benzene rings is 9. The maximum atomic E-state index is 5.14. The molecule has 0 bridgehead atoms. The van der Waals surface area contributed by atoms with Gasteiger partial charge in [-0.2, -0.15) is 9.50 Å². The molecule has 0 saturated heterocycles. The molecule has 0 radical (unpaired) electrons. The van der Waals surface area contributed by atoms with Gasteiger partial charge in [-0.05, 0) is 103 Å². The SMILES string of the molecule is c1ccc2c(c1)-c1cccc3ccc4c(c13)c1c-2cccc1n4-c1ccc(-c2nc3nc(-c4ccc(-c5ccc6ccccc6c5)cc4)c4ccccc4n3n2)cc1. The Balaban J connectivity index is 0.914. The second-order valence-electron chi connectivity index (χ2n) is 15.3. The first-order chi connectivity index (χ1) is 28.7. The van der Waals surface area contributed by atoms with E-state index in [0.717, 1.165) is 33.4 Å². The number of hydrogen-bond donors (Lipinski definition) is 0. The summed E-state index contributed by atoms with van der Waals surface area (Å²) >= 11 is 0. The van der Waals surface area contributed by atoms with Crippen LogP contribution in [0.2, 0.25) is 0 Å². The smallest absolute Gasteiger partial charge is 0.253 e. The third-order valence-electron chi connectivity index (χ3n) is 12.1. The maximum absolute atomic E-state index is 5.14. The van der Waals surface area contributed by atoms with E-state index in [1.165, 1.54) is 76.7 Å². The van der Waals surface area contributed by atoms with Crippen LogP contribution >= 0.6 is 0 Å². The van der Waals surface area contributed by atoms with E-state index >= 15 is 0 Å². The average Bonchev–Trinajstić information content (AvgIpc) is 3.85. The van der Waals surface area contributed by atoms with Crippen LogP contribution in [-0.4, -0.2) is 24.1 Å². The molecule has 58 heavy (non-hydrogen) atoms. The standard InChI is InChI=1S/C53H31N5/c1-2-10-37-31-38(24-21-32(37)9-1)33-19-22-35(23-20-33)51-44-14-5-6-17-45(44)58-53(54-51)55-52(56-58)36-25-28-39(29-26-36)57-46-18-8-16-43-41-13-4-3-12-40(41)42-15-7-11-34-27-30-47(57)50(48(34)42)49(43)46/h1-31H. The molecule has 5 nitrogen and oxygen atoms in total. The van der Waals surface area contributed by atoms with Crippen LogP contribution in [0.1, 0.15) is 0 Å². The van der Waals surface area contributed by atoms with Gasteiger partial charge in [0, 0.05) is 33.0 Å². The van der Waals surface area contributed by atoms with Gasteiger partial charge in [0.1, 0.15) is 0 Å². The highest BCUT2D eigenvalue weighted by molar-refractivity contribution is 6.30. The third kappa shape index (κ3) is 4.44. The molecule has 5 heteroatoms. The molecule has 3 heterocycles. The van der Waals surface area contributed by atoms with Crippen molar-refractivity contribution in [2.24, 2.45) is 0 Å². The van der Waals surface area contributed by atoms with Gasteiger partial charge >= 0.3 is 0 Å². The molecule has 0 unspecified atom stereocenters. The molecule has 0 aliphatic heterocycles. The molecule has 0 fully saturated rings. The highest BCUT2D eigenvalue weighted by Gasteiger charge is 2.24. The number of para-hydroxylation sites is 1. The number of aromatic nitrogens is 5. The van der Waals surface area contributed by atoms with E-state index in [1.54, 1.807) is 0 Å². The van der Waals surface area contributed by atoms with Crippen molar-refractivity contribution in [2.45, 2.75) is 0 Å². The Morgan fingerprint density at radius 3 is 1.81 bits per heavy atom. The summed E-state index contributed by atoms with van der Waals surface area (Å²) in [5.74, 6) is 1.21. The van der Waals surface area contributed by atoms with Crippen molar-refractivity contribution >= 4 is 60.0 Å². The Morgan fingerprint density at radius 2 is 0.966 bits per heavy atom. The molecular weight excluding hydrogens is 707 g/mol. The molecule has 1 aliphatic carbocycles. The topological polar surface area (TPSA) is 48.0 Å². The Morgan fingerprint density at radius 1 is 0.362 bits per heavy atom. The van der Waals surface area contributed by atoms with Gasteiger partial charge in [-0.1, -0.05) is 140 Å². The fraction of sp³-hybridized carbons (Fsp3) is 0. The van der Waals surface area contributed by atoms with Crippen LogP contribution in [-0.2, 0) is 0 Å². The lowest BCUT2D eigenvalue weighted by Gasteiger charge is -2.13. The molecule has 1 aliphatic rings. The van der Waals surface area contributed by atoms with E-state index in [2.05, 4.69) is 187 Å². The predicted octanol–water partition coefficient (Wildman–Crippen LogP) is 13.3. The van der Waals surface area contributed by atoms with Crippen molar-refractivity contribution in [3.05, 3.63) is 188 Å². The summed E-state index contributed by atoms with van der Waals surface area (Å²) in [5, 5.41) is 13.7. The zero-order chi connectivity index (χ0) is 37.9. The van der Waals surface area contributed by atoms with Crippen LogP contribution < -0.4 is 0 Å².